The van der Waals surface area contributed by atoms with Crippen LogP contribution < -0.4 is 5.32 Å². The zero-order valence-electron chi connectivity index (χ0n) is 20.2. The van der Waals surface area contributed by atoms with Crippen LogP contribution in [-0.2, 0) is 11.0 Å². The van der Waals surface area contributed by atoms with Gasteiger partial charge in [0.2, 0.25) is 0 Å². The third kappa shape index (κ3) is 7.06. The number of urea groups is 1. The maximum absolute atomic E-state index is 13.3. The van der Waals surface area contributed by atoms with E-state index in [2.05, 4.69) is 24.9 Å². The maximum atomic E-state index is 13.3. The van der Waals surface area contributed by atoms with Crippen LogP contribution in [0.25, 0.3) is 0 Å². The van der Waals surface area contributed by atoms with E-state index >= 15 is 0 Å². The Morgan fingerprint density at radius 2 is 2.08 bits per heavy atom. The average Bonchev–Trinajstić information content (AvgIpc) is 3.16. The summed E-state index contributed by atoms with van der Waals surface area (Å²) in [5.74, 6) is -1.21. The number of rotatable bonds is 10. The Hall–Kier alpha value is -2.94. The van der Waals surface area contributed by atoms with Crippen LogP contribution in [0, 0.1) is 0 Å². The Labute approximate surface area is 214 Å². The number of amides is 2. The van der Waals surface area contributed by atoms with Gasteiger partial charge in [-0.3, -0.25) is 4.79 Å². The van der Waals surface area contributed by atoms with Gasteiger partial charge in [-0.1, -0.05) is 42.0 Å². The number of hydrogen-bond donors (Lipinski definition) is 2. The first-order valence-electron chi connectivity index (χ1n) is 11.9. The van der Waals surface area contributed by atoms with E-state index in [9.17, 15) is 27.9 Å². The highest BCUT2D eigenvalue weighted by Gasteiger charge is 2.38. The second kappa shape index (κ2) is 11.9. The van der Waals surface area contributed by atoms with Gasteiger partial charge >= 0.3 is 18.2 Å². The van der Waals surface area contributed by atoms with Crippen molar-refractivity contribution in [1.82, 2.24) is 15.1 Å². The first-order valence-corrected chi connectivity index (χ1v) is 12.3. The number of alkyl halides is 3. The van der Waals surface area contributed by atoms with Crippen molar-refractivity contribution in [3.8, 4) is 0 Å². The van der Waals surface area contributed by atoms with Crippen LogP contribution in [0.5, 0.6) is 0 Å². The van der Waals surface area contributed by atoms with Gasteiger partial charge < -0.3 is 20.2 Å². The number of carbonyl (C=O) groups excluding carboxylic acids is 1. The summed E-state index contributed by atoms with van der Waals surface area (Å²) in [5, 5.41) is 12.2. The van der Waals surface area contributed by atoms with Crippen LogP contribution in [0.4, 0.5) is 18.0 Å². The molecule has 0 bridgehead atoms. The zero-order chi connectivity index (χ0) is 26.5. The second-order valence-electron chi connectivity index (χ2n) is 9.09. The molecule has 3 rings (SSSR count). The van der Waals surface area contributed by atoms with Crippen molar-refractivity contribution in [2.75, 3.05) is 26.2 Å². The summed E-state index contributed by atoms with van der Waals surface area (Å²) in [4.78, 5) is 27.5. The number of nitrogens with one attached hydrogen (secondary N) is 1. The lowest BCUT2D eigenvalue weighted by molar-refractivity contribution is -0.138. The van der Waals surface area contributed by atoms with Crippen molar-refractivity contribution in [1.29, 1.82) is 0 Å². The fraction of sp³-hybridized carbons (Fsp3) is 0.462. The van der Waals surface area contributed by atoms with E-state index in [0.717, 1.165) is 37.1 Å². The summed E-state index contributed by atoms with van der Waals surface area (Å²) >= 11 is 5.72. The molecule has 0 radical (unpaired) electrons. The number of benzene rings is 1. The SMILES string of the molecule is C=C(/C=C\C1=C(C)NCCC1)CCCN1CCN(C(CC(=O)O)c2ccc(Cl)c(C(F)(F)F)c2)C1=O. The number of hydrogen-bond acceptors (Lipinski definition) is 3. The third-order valence-corrected chi connectivity index (χ3v) is 6.82. The molecule has 1 aromatic carbocycles. The van der Waals surface area contributed by atoms with Crippen molar-refractivity contribution < 1.29 is 27.9 Å². The van der Waals surface area contributed by atoms with Crippen LogP contribution in [0.1, 0.15) is 56.2 Å². The Morgan fingerprint density at radius 1 is 1.33 bits per heavy atom. The van der Waals surface area contributed by atoms with Crippen LogP contribution in [0.15, 0.2) is 53.8 Å². The van der Waals surface area contributed by atoms with Crippen LogP contribution in [0.2, 0.25) is 5.02 Å². The normalized spacial score (nSPS) is 17.6. The Bertz CT molecular complexity index is 1070. The van der Waals surface area contributed by atoms with E-state index in [1.54, 1.807) is 4.90 Å². The first-order chi connectivity index (χ1) is 17.0. The highest BCUT2D eigenvalue weighted by molar-refractivity contribution is 6.31. The minimum absolute atomic E-state index is 0.0876. The molecule has 6 nitrogen and oxygen atoms in total. The predicted octanol–water partition coefficient (Wildman–Crippen LogP) is 6.16. The molecule has 2 aliphatic rings. The van der Waals surface area contributed by atoms with Crippen LogP contribution >= 0.6 is 11.6 Å². The molecule has 196 valence electrons. The summed E-state index contributed by atoms with van der Waals surface area (Å²) in [6.07, 6.45) is 2.33. The fourth-order valence-electron chi connectivity index (χ4n) is 4.50. The molecule has 2 amide bonds. The smallest absolute Gasteiger partial charge is 0.417 e. The molecule has 2 aliphatic heterocycles. The molecule has 2 N–H and O–H groups in total. The average molecular weight is 526 g/mol. The minimum atomic E-state index is -4.69. The molecule has 0 aliphatic carbocycles. The highest BCUT2D eigenvalue weighted by atomic mass is 35.5. The molecule has 1 unspecified atom stereocenters. The standard InChI is InChI=1S/C26H31ClF3N3O3/c1-17(7-8-19-6-3-11-31-18(19)2)5-4-12-32-13-14-33(25(32)36)23(16-24(34)35)20-9-10-22(27)21(15-20)26(28,29)30/h7-10,15,23,31H,1,3-6,11-14,16H2,2H3,(H,34,35)/b8-7-. The molecule has 0 spiro atoms. The van der Waals surface area contributed by atoms with Gasteiger partial charge in [0.05, 0.1) is 23.0 Å². The number of halogens is 4. The zero-order valence-corrected chi connectivity index (χ0v) is 21.0. The Kier molecular flexibility index (Phi) is 9.11. The van der Waals surface area contributed by atoms with Crippen LogP contribution in [0.3, 0.4) is 0 Å². The van der Waals surface area contributed by atoms with Gasteiger partial charge in [-0.25, -0.2) is 4.79 Å². The van der Waals surface area contributed by atoms with Gasteiger partial charge in [0.1, 0.15) is 0 Å². The summed E-state index contributed by atoms with van der Waals surface area (Å²) in [7, 11) is 0. The number of carboxylic acid groups (broad SMARTS) is 1. The maximum Gasteiger partial charge on any atom is 0.417 e. The Morgan fingerprint density at radius 3 is 2.75 bits per heavy atom. The molecular formula is C26H31ClF3N3O3. The first kappa shape index (κ1) is 27.6. The topological polar surface area (TPSA) is 72.9 Å². The molecule has 1 fully saturated rings. The van der Waals surface area contributed by atoms with E-state index in [4.69, 9.17) is 11.6 Å². The number of allylic oxidation sites excluding steroid dienone is 5. The molecule has 1 saturated heterocycles. The molecule has 1 aromatic rings. The molecule has 0 saturated carbocycles. The van der Waals surface area contributed by atoms with Crippen LogP contribution in [-0.4, -0.2) is 53.1 Å². The van der Waals surface area contributed by atoms with Crippen molar-refractivity contribution in [3.05, 3.63) is 69.9 Å². The molecule has 1 atom stereocenters. The van der Waals surface area contributed by atoms with Gasteiger partial charge in [-0.15, -0.1) is 0 Å². The summed E-state index contributed by atoms with van der Waals surface area (Å²) in [6, 6.07) is 1.85. The lowest BCUT2D eigenvalue weighted by atomic mass is 9.99. The highest BCUT2D eigenvalue weighted by Crippen LogP contribution is 2.38. The molecule has 10 heteroatoms. The Balaban J connectivity index is 1.62. The quantitative estimate of drug-likeness (QED) is 0.359. The number of carboxylic acids is 1. The van der Waals surface area contributed by atoms with Gasteiger partial charge in [0, 0.05) is 31.9 Å². The van der Waals surface area contributed by atoms with Gasteiger partial charge in [0.15, 0.2) is 0 Å². The van der Waals surface area contributed by atoms with E-state index in [0.29, 0.717) is 25.9 Å². The third-order valence-electron chi connectivity index (χ3n) is 6.49. The van der Waals surface area contributed by atoms with E-state index in [1.165, 1.54) is 22.2 Å². The molecular weight excluding hydrogens is 495 g/mol. The van der Waals surface area contributed by atoms with E-state index in [1.807, 2.05) is 6.08 Å². The predicted molar refractivity (Wildman–Crippen MR) is 133 cm³/mol. The van der Waals surface area contributed by atoms with Crippen molar-refractivity contribution in [2.24, 2.45) is 0 Å². The van der Waals surface area contributed by atoms with Crippen molar-refractivity contribution in [3.63, 3.8) is 0 Å². The largest absolute Gasteiger partial charge is 0.481 e. The summed E-state index contributed by atoms with van der Waals surface area (Å²) in [6.45, 7) is 8.16. The monoisotopic (exact) mass is 525 g/mol. The number of nitrogens with zero attached hydrogens (tertiary/aromatic N) is 2. The van der Waals surface area contributed by atoms with Gasteiger partial charge in [-0.05, 0) is 55.9 Å². The summed E-state index contributed by atoms with van der Waals surface area (Å²) in [5.41, 5.74) is 2.40. The molecule has 36 heavy (non-hydrogen) atoms. The van der Waals surface area contributed by atoms with E-state index < -0.39 is 35.2 Å². The molecule has 2 heterocycles. The van der Waals surface area contributed by atoms with E-state index in [-0.39, 0.29) is 18.1 Å². The van der Waals surface area contributed by atoms with Gasteiger partial charge in [-0.2, -0.15) is 13.2 Å². The number of aliphatic carboxylic acids is 1. The van der Waals surface area contributed by atoms with Gasteiger partial charge in [0.25, 0.3) is 0 Å². The minimum Gasteiger partial charge on any atom is -0.481 e. The second-order valence-corrected chi connectivity index (χ2v) is 9.50. The number of carbonyl (C=O) groups is 2. The lowest BCUT2D eigenvalue weighted by Gasteiger charge is -2.28. The molecule has 0 aromatic heterocycles. The fourth-order valence-corrected chi connectivity index (χ4v) is 4.73. The summed E-state index contributed by atoms with van der Waals surface area (Å²) < 4.78 is 40.0. The van der Waals surface area contributed by atoms with Crippen molar-refractivity contribution >= 4 is 23.6 Å². The lowest BCUT2D eigenvalue weighted by Crippen LogP contribution is -2.36. The van der Waals surface area contributed by atoms with Crippen molar-refractivity contribution in [2.45, 2.75) is 51.2 Å².